The molecule has 36 heavy (non-hydrogen) atoms. The van der Waals surface area contributed by atoms with Gasteiger partial charge in [0.2, 0.25) is 0 Å². The Hall–Kier alpha value is -3.40. The molecule has 2 heterocycles. The van der Waals surface area contributed by atoms with Crippen LogP contribution in [0.2, 0.25) is 0 Å². The highest BCUT2D eigenvalue weighted by atomic mass is 19.4. The number of halogens is 3. The predicted molar refractivity (Wildman–Crippen MR) is 128 cm³/mol. The average Bonchev–Trinajstić information content (AvgIpc) is 2.83. The summed E-state index contributed by atoms with van der Waals surface area (Å²) >= 11 is 0. The summed E-state index contributed by atoms with van der Waals surface area (Å²) in [6.07, 6.45) is -2.79. The molecule has 0 unspecified atom stereocenters. The number of nitrogen functional groups attached to an aromatic ring is 1. The Labute approximate surface area is 207 Å². The summed E-state index contributed by atoms with van der Waals surface area (Å²) in [5.41, 5.74) is 8.65. The van der Waals surface area contributed by atoms with Gasteiger partial charge in [-0.25, -0.2) is 0 Å². The highest BCUT2D eigenvalue weighted by molar-refractivity contribution is 5.70. The Morgan fingerprint density at radius 2 is 2.08 bits per heavy atom. The van der Waals surface area contributed by atoms with E-state index in [4.69, 9.17) is 19.9 Å². The van der Waals surface area contributed by atoms with Gasteiger partial charge in [-0.3, -0.25) is 9.69 Å². The van der Waals surface area contributed by atoms with Gasteiger partial charge in [0.25, 0.3) is 0 Å². The van der Waals surface area contributed by atoms with Crippen LogP contribution in [-0.2, 0) is 11.4 Å². The summed E-state index contributed by atoms with van der Waals surface area (Å²) in [5.74, 6) is 0.169. The fourth-order valence-electron chi connectivity index (χ4n) is 4.28. The predicted octanol–water partition coefficient (Wildman–Crippen LogP) is 4.75. The Balaban J connectivity index is 1.34. The first-order valence-electron chi connectivity index (χ1n) is 11.7. The number of carbonyl (C=O) groups is 1. The van der Waals surface area contributed by atoms with Crippen molar-refractivity contribution in [2.45, 2.75) is 38.7 Å². The first-order chi connectivity index (χ1) is 17.1. The summed E-state index contributed by atoms with van der Waals surface area (Å²) < 4.78 is 54.8. The van der Waals surface area contributed by atoms with Gasteiger partial charge in [0.1, 0.15) is 30.5 Å². The van der Waals surface area contributed by atoms with E-state index in [1.165, 1.54) is 12.1 Å². The van der Waals surface area contributed by atoms with E-state index in [0.29, 0.717) is 36.8 Å². The van der Waals surface area contributed by atoms with Crippen LogP contribution in [-0.4, -0.2) is 54.5 Å². The lowest BCUT2D eigenvalue weighted by molar-refractivity contribution is -0.189. The van der Waals surface area contributed by atoms with Crippen molar-refractivity contribution in [3.05, 3.63) is 53.1 Å². The Morgan fingerprint density at radius 3 is 2.81 bits per heavy atom. The topological polar surface area (TPSA) is 94.2 Å². The van der Waals surface area contributed by atoms with Crippen LogP contribution in [0, 0.1) is 5.92 Å². The van der Waals surface area contributed by atoms with Crippen LogP contribution in [0.1, 0.15) is 30.9 Å². The molecule has 1 saturated heterocycles. The van der Waals surface area contributed by atoms with Crippen LogP contribution < -0.4 is 19.9 Å². The molecule has 0 spiro atoms. The molecule has 4 rings (SSSR count). The number of likely N-dealkylation sites (tertiary alicyclic amines) is 1. The molecule has 0 radical (unpaired) electrons. The molecule has 2 aliphatic rings. The fourth-order valence-corrected chi connectivity index (χ4v) is 4.28. The van der Waals surface area contributed by atoms with Gasteiger partial charge in [0, 0.05) is 24.7 Å². The summed E-state index contributed by atoms with van der Waals surface area (Å²) in [6.45, 7) is 3.60. The van der Waals surface area contributed by atoms with Gasteiger partial charge in [-0.2, -0.15) is 13.2 Å². The number of hydrogen-bond donors (Lipinski definition) is 2. The number of rotatable bonds is 8. The molecule has 194 valence electrons. The van der Waals surface area contributed by atoms with Gasteiger partial charge >= 0.3 is 12.1 Å². The third kappa shape index (κ3) is 6.42. The number of fused-ring (bicyclic) bond motifs is 1. The van der Waals surface area contributed by atoms with Crippen LogP contribution in [0.25, 0.3) is 6.08 Å². The van der Waals surface area contributed by atoms with Gasteiger partial charge in [0.05, 0.1) is 11.6 Å². The first kappa shape index (κ1) is 25.7. The van der Waals surface area contributed by atoms with Crippen molar-refractivity contribution in [2.75, 3.05) is 32.0 Å². The molecule has 2 aliphatic heterocycles. The molecule has 2 aromatic rings. The SMILES string of the molecule is C[C@H](Oc1ccc(COc2ccc3c(c2)OCC(CN2CCC[C@@H](C(=O)O)C2)=C3)cc1N)C(F)(F)F. The molecule has 0 aromatic heterocycles. The zero-order chi connectivity index (χ0) is 25.9. The Morgan fingerprint density at radius 1 is 1.28 bits per heavy atom. The summed E-state index contributed by atoms with van der Waals surface area (Å²) in [5, 5.41) is 9.29. The molecule has 0 saturated carbocycles. The maximum atomic E-state index is 12.7. The fraction of sp³-hybridized carbons (Fsp3) is 0.423. The van der Waals surface area contributed by atoms with Gasteiger partial charge in [0.15, 0.2) is 6.10 Å². The highest BCUT2D eigenvalue weighted by Crippen LogP contribution is 2.32. The first-order valence-corrected chi connectivity index (χ1v) is 11.7. The van der Waals surface area contributed by atoms with Crippen molar-refractivity contribution in [3.8, 4) is 17.2 Å². The van der Waals surface area contributed by atoms with Gasteiger partial charge < -0.3 is 25.1 Å². The largest absolute Gasteiger partial charge is 0.489 e. The second-order valence-electron chi connectivity index (χ2n) is 9.17. The molecular weight excluding hydrogens is 477 g/mol. The van der Waals surface area contributed by atoms with Crippen molar-refractivity contribution in [1.82, 2.24) is 4.90 Å². The Kier molecular flexibility index (Phi) is 7.63. The minimum absolute atomic E-state index is 0.0311. The molecular formula is C26H29F3N2O5. The van der Waals surface area contributed by atoms with Crippen molar-refractivity contribution in [1.29, 1.82) is 0 Å². The molecule has 1 fully saturated rings. The number of carboxylic acid groups (broad SMARTS) is 1. The van der Waals surface area contributed by atoms with Crippen molar-refractivity contribution in [2.24, 2.45) is 5.92 Å². The van der Waals surface area contributed by atoms with Crippen LogP contribution >= 0.6 is 0 Å². The number of ether oxygens (including phenoxy) is 3. The number of anilines is 1. The summed E-state index contributed by atoms with van der Waals surface area (Å²) in [7, 11) is 0. The van der Waals surface area contributed by atoms with E-state index in [0.717, 1.165) is 37.4 Å². The number of nitrogens with zero attached hydrogens (tertiary/aromatic N) is 1. The highest BCUT2D eigenvalue weighted by Gasteiger charge is 2.38. The molecule has 7 nitrogen and oxygen atoms in total. The molecule has 0 amide bonds. The molecule has 2 atom stereocenters. The van der Waals surface area contributed by atoms with E-state index in [1.54, 1.807) is 12.1 Å². The van der Waals surface area contributed by atoms with Gasteiger partial charge in [-0.1, -0.05) is 6.07 Å². The van der Waals surface area contributed by atoms with Crippen LogP contribution in [0.3, 0.4) is 0 Å². The zero-order valence-electron chi connectivity index (χ0n) is 19.9. The van der Waals surface area contributed by atoms with E-state index < -0.39 is 18.2 Å². The lowest BCUT2D eigenvalue weighted by atomic mass is 9.97. The van der Waals surface area contributed by atoms with Crippen LogP contribution in [0.5, 0.6) is 17.2 Å². The smallest absolute Gasteiger partial charge is 0.425 e. The summed E-state index contributed by atoms with van der Waals surface area (Å²) in [4.78, 5) is 13.5. The maximum absolute atomic E-state index is 12.7. The number of benzene rings is 2. The van der Waals surface area contributed by atoms with Crippen molar-refractivity contribution in [3.63, 3.8) is 0 Å². The number of piperidine rings is 1. The molecule has 0 bridgehead atoms. The Bertz CT molecular complexity index is 1140. The zero-order valence-corrected chi connectivity index (χ0v) is 19.9. The van der Waals surface area contributed by atoms with Gasteiger partial charge in [-0.15, -0.1) is 0 Å². The molecule has 2 aromatic carbocycles. The van der Waals surface area contributed by atoms with Crippen LogP contribution in [0.15, 0.2) is 42.0 Å². The molecule has 0 aliphatic carbocycles. The average molecular weight is 507 g/mol. The second-order valence-corrected chi connectivity index (χ2v) is 9.17. The normalized spacial score (nSPS) is 19.0. The van der Waals surface area contributed by atoms with E-state index in [9.17, 15) is 23.1 Å². The van der Waals surface area contributed by atoms with E-state index in [1.807, 2.05) is 12.1 Å². The van der Waals surface area contributed by atoms with Gasteiger partial charge in [-0.05, 0) is 67.8 Å². The molecule has 10 heteroatoms. The van der Waals surface area contributed by atoms with E-state index >= 15 is 0 Å². The molecule has 3 N–H and O–H groups in total. The van der Waals surface area contributed by atoms with E-state index in [2.05, 4.69) is 11.0 Å². The third-order valence-electron chi connectivity index (χ3n) is 6.28. The number of aliphatic carboxylic acids is 1. The minimum Gasteiger partial charge on any atom is -0.489 e. The third-order valence-corrected chi connectivity index (χ3v) is 6.28. The maximum Gasteiger partial charge on any atom is 0.425 e. The van der Waals surface area contributed by atoms with E-state index in [-0.39, 0.29) is 24.0 Å². The number of carboxylic acids is 1. The minimum atomic E-state index is -4.48. The standard InChI is InChI=1S/C26H29F3N2O5/c1-16(26(27,28)29)36-23-7-4-17(10-22(23)30)14-34-21-6-5-19-9-18(15-35-24(19)11-21)12-31-8-2-3-20(13-31)25(32)33/h4-7,9-11,16,20H,2-3,8,12-15,30H2,1H3,(H,32,33)/t16-,20+/m0/s1. The van der Waals surface area contributed by atoms with Crippen LogP contribution in [0.4, 0.5) is 18.9 Å². The number of alkyl halides is 3. The second kappa shape index (κ2) is 10.7. The summed E-state index contributed by atoms with van der Waals surface area (Å²) in [6, 6.07) is 10.0. The monoisotopic (exact) mass is 506 g/mol. The number of nitrogens with two attached hydrogens (primary N) is 1. The van der Waals surface area contributed by atoms with Crippen molar-refractivity contribution < 1.29 is 37.3 Å². The lowest BCUT2D eigenvalue weighted by Crippen LogP contribution is -2.40. The van der Waals surface area contributed by atoms with Crippen molar-refractivity contribution >= 4 is 17.7 Å². The number of hydrogen-bond acceptors (Lipinski definition) is 6. The lowest BCUT2D eigenvalue weighted by Gasteiger charge is -2.32. The quantitative estimate of drug-likeness (QED) is 0.499.